The van der Waals surface area contributed by atoms with Crippen LogP contribution >= 0.6 is 11.3 Å². The van der Waals surface area contributed by atoms with Crippen molar-refractivity contribution in [3.8, 4) is 11.1 Å². The first-order valence-electron chi connectivity index (χ1n) is 11.5. The highest BCUT2D eigenvalue weighted by molar-refractivity contribution is 7.92. The summed E-state index contributed by atoms with van der Waals surface area (Å²) in [7, 11) is -4.63. The van der Waals surface area contributed by atoms with Gasteiger partial charge in [0.25, 0.3) is 15.6 Å². The Kier molecular flexibility index (Phi) is 5.65. The Labute approximate surface area is 217 Å². The average molecular weight is 558 g/mol. The van der Waals surface area contributed by atoms with Gasteiger partial charge in [0.2, 0.25) is 0 Å². The Morgan fingerprint density at radius 2 is 1.84 bits per heavy atom. The maximum absolute atomic E-state index is 15.8. The van der Waals surface area contributed by atoms with Crippen LogP contribution in [0, 0.1) is 17.5 Å². The van der Waals surface area contributed by atoms with Crippen LogP contribution in [-0.4, -0.2) is 23.0 Å². The van der Waals surface area contributed by atoms with Gasteiger partial charge in [0, 0.05) is 29.8 Å². The van der Waals surface area contributed by atoms with E-state index in [1.807, 2.05) is 4.72 Å². The van der Waals surface area contributed by atoms with E-state index in [0.29, 0.717) is 28.4 Å². The van der Waals surface area contributed by atoms with Gasteiger partial charge in [-0.25, -0.2) is 31.6 Å². The lowest BCUT2D eigenvalue weighted by atomic mass is 9.91. The molecule has 0 unspecified atom stereocenters. The van der Waals surface area contributed by atoms with Crippen molar-refractivity contribution in [3.05, 3.63) is 75.9 Å². The smallest absolute Gasteiger partial charge is 0.264 e. The molecule has 0 aliphatic heterocycles. The SMILES string of the molecule is Nc1cc2c(cn1)cc(-c1c(F)ccc(NS(=O)(=O)c3cc4scnc4cc3F)c1F)c(=O)n2C1CCC1. The number of anilines is 2. The molecule has 0 atom stereocenters. The Morgan fingerprint density at radius 3 is 2.58 bits per heavy atom. The average Bonchev–Trinajstić information content (AvgIpc) is 3.29. The number of aromatic nitrogens is 3. The Bertz CT molecular complexity index is 1930. The second kappa shape index (κ2) is 8.81. The van der Waals surface area contributed by atoms with Gasteiger partial charge < -0.3 is 10.3 Å². The summed E-state index contributed by atoms with van der Waals surface area (Å²) in [5.41, 5.74) is 5.72. The van der Waals surface area contributed by atoms with Crippen molar-refractivity contribution >= 4 is 54.0 Å². The summed E-state index contributed by atoms with van der Waals surface area (Å²) < 4.78 is 75.4. The standard InChI is InChI=1S/C25H18F3N5O3S2/c26-15-4-5-17(32-38(35,36)21-9-20-18(7-16(21)27)31-11-37-20)24(28)23(15)14-6-12-10-30-22(29)8-19(12)33(25(14)34)13-2-1-3-13/h4-11,13,32H,1-3H2,(H2,29,30). The zero-order valence-corrected chi connectivity index (χ0v) is 21.0. The number of rotatable bonds is 5. The van der Waals surface area contributed by atoms with E-state index in [1.54, 1.807) is 0 Å². The predicted molar refractivity (Wildman–Crippen MR) is 139 cm³/mol. The lowest BCUT2D eigenvalue weighted by Crippen LogP contribution is -2.30. The molecule has 3 aromatic heterocycles. The molecule has 38 heavy (non-hydrogen) atoms. The highest BCUT2D eigenvalue weighted by atomic mass is 32.2. The lowest BCUT2D eigenvalue weighted by molar-refractivity contribution is 0.315. The number of nitrogens with one attached hydrogen (secondary N) is 1. The van der Waals surface area contributed by atoms with Crippen molar-refractivity contribution in [2.24, 2.45) is 0 Å². The molecule has 1 saturated carbocycles. The molecule has 0 saturated heterocycles. The van der Waals surface area contributed by atoms with Crippen LogP contribution in [0.3, 0.4) is 0 Å². The Hall–Kier alpha value is -3.97. The maximum Gasteiger partial charge on any atom is 0.264 e. The number of nitrogens with zero attached hydrogens (tertiary/aromatic N) is 3. The minimum Gasteiger partial charge on any atom is -0.384 e. The van der Waals surface area contributed by atoms with Gasteiger partial charge >= 0.3 is 0 Å². The second-order valence-corrected chi connectivity index (χ2v) is 11.5. The van der Waals surface area contributed by atoms with Crippen LogP contribution in [0.15, 0.2) is 57.8 Å². The molecule has 1 aliphatic rings. The number of nitrogen functional groups attached to an aromatic ring is 1. The summed E-state index contributed by atoms with van der Waals surface area (Å²) in [5.74, 6) is -3.27. The van der Waals surface area contributed by atoms with E-state index in [0.717, 1.165) is 42.0 Å². The monoisotopic (exact) mass is 557 g/mol. The summed E-state index contributed by atoms with van der Waals surface area (Å²) >= 11 is 1.11. The van der Waals surface area contributed by atoms with Crippen molar-refractivity contribution in [2.45, 2.75) is 30.2 Å². The van der Waals surface area contributed by atoms with Crippen LogP contribution in [0.1, 0.15) is 25.3 Å². The highest BCUT2D eigenvalue weighted by Crippen LogP contribution is 2.36. The molecule has 8 nitrogen and oxygen atoms in total. The van der Waals surface area contributed by atoms with E-state index < -0.39 is 49.2 Å². The summed E-state index contributed by atoms with van der Waals surface area (Å²) in [6.45, 7) is 0. The van der Waals surface area contributed by atoms with Crippen LogP contribution in [0.2, 0.25) is 0 Å². The van der Waals surface area contributed by atoms with E-state index in [4.69, 9.17) is 5.73 Å². The van der Waals surface area contributed by atoms with Crippen molar-refractivity contribution in [3.63, 3.8) is 0 Å². The molecule has 194 valence electrons. The van der Waals surface area contributed by atoms with E-state index in [2.05, 4.69) is 9.97 Å². The first kappa shape index (κ1) is 24.4. The quantitative estimate of drug-likeness (QED) is 0.307. The summed E-state index contributed by atoms with van der Waals surface area (Å²) in [4.78, 5) is 20.8. The van der Waals surface area contributed by atoms with Crippen LogP contribution in [0.4, 0.5) is 24.7 Å². The van der Waals surface area contributed by atoms with Gasteiger partial charge in [0.1, 0.15) is 22.3 Å². The number of sulfonamides is 1. The molecular formula is C25H18F3N5O3S2. The van der Waals surface area contributed by atoms with Crippen molar-refractivity contribution in [1.29, 1.82) is 0 Å². The number of pyridine rings is 2. The zero-order valence-electron chi connectivity index (χ0n) is 19.4. The van der Waals surface area contributed by atoms with E-state index in [1.165, 1.54) is 28.4 Å². The molecule has 3 N–H and O–H groups in total. The molecule has 0 radical (unpaired) electrons. The molecule has 6 rings (SSSR count). The summed E-state index contributed by atoms with van der Waals surface area (Å²) in [6, 6.07) is 6.43. The van der Waals surface area contributed by atoms with Gasteiger partial charge in [-0.1, -0.05) is 0 Å². The molecule has 0 spiro atoms. The van der Waals surface area contributed by atoms with Crippen molar-refractivity contribution < 1.29 is 21.6 Å². The molecule has 13 heteroatoms. The third-order valence-corrected chi connectivity index (χ3v) is 8.83. The fourth-order valence-corrected chi connectivity index (χ4v) is 6.50. The summed E-state index contributed by atoms with van der Waals surface area (Å²) in [5, 5.41) is 0.436. The van der Waals surface area contributed by atoms with Gasteiger partial charge in [0.15, 0.2) is 5.82 Å². The van der Waals surface area contributed by atoms with E-state index in [9.17, 15) is 17.6 Å². The van der Waals surface area contributed by atoms with E-state index in [-0.39, 0.29) is 22.9 Å². The zero-order chi connectivity index (χ0) is 26.8. The molecule has 0 amide bonds. The number of hydrogen-bond acceptors (Lipinski definition) is 7. The first-order chi connectivity index (χ1) is 18.1. The van der Waals surface area contributed by atoms with E-state index >= 15 is 8.78 Å². The Balaban J connectivity index is 1.50. The van der Waals surface area contributed by atoms with Crippen LogP contribution in [-0.2, 0) is 10.0 Å². The molecule has 0 bridgehead atoms. The normalized spacial score (nSPS) is 14.2. The molecule has 1 fully saturated rings. The molecule has 3 heterocycles. The third-order valence-electron chi connectivity index (χ3n) is 6.66. The number of nitrogens with two attached hydrogens (primary N) is 1. The lowest BCUT2D eigenvalue weighted by Gasteiger charge is -2.29. The number of halogens is 3. The third kappa shape index (κ3) is 3.89. The molecular weight excluding hydrogens is 539 g/mol. The van der Waals surface area contributed by atoms with Gasteiger partial charge in [0.05, 0.1) is 38.1 Å². The van der Waals surface area contributed by atoms with Crippen LogP contribution in [0.25, 0.3) is 32.2 Å². The predicted octanol–water partition coefficient (Wildman–Crippen LogP) is 5.20. The highest BCUT2D eigenvalue weighted by Gasteiger charge is 2.28. The summed E-state index contributed by atoms with van der Waals surface area (Å²) in [6.07, 6.45) is 3.72. The number of hydrogen-bond donors (Lipinski definition) is 2. The first-order valence-corrected chi connectivity index (χ1v) is 13.8. The second-order valence-electron chi connectivity index (χ2n) is 8.98. The van der Waals surface area contributed by atoms with Crippen LogP contribution < -0.4 is 16.0 Å². The van der Waals surface area contributed by atoms with Crippen LogP contribution in [0.5, 0.6) is 0 Å². The fraction of sp³-hybridized carbons (Fsp3) is 0.160. The van der Waals surface area contributed by atoms with Gasteiger partial charge in [-0.05, 0) is 43.5 Å². The fourth-order valence-electron chi connectivity index (χ4n) is 4.58. The molecule has 1 aliphatic carbocycles. The van der Waals surface area contributed by atoms with Gasteiger partial charge in [-0.3, -0.25) is 9.52 Å². The Morgan fingerprint density at radius 1 is 1.05 bits per heavy atom. The number of fused-ring (bicyclic) bond motifs is 2. The van der Waals surface area contributed by atoms with Gasteiger partial charge in [-0.2, -0.15) is 0 Å². The van der Waals surface area contributed by atoms with Crippen molar-refractivity contribution in [1.82, 2.24) is 14.5 Å². The van der Waals surface area contributed by atoms with Crippen molar-refractivity contribution in [2.75, 3.05) is 10.5 Å². The number of thiazole rings is 1. The molecule has 2 aromatic carbocycles. The van der Waals surface area contributed by atoms with Gasteiger partial charge in [-0.15, -0.1) is 11.3 Å². The topological polar surface area (TPSA) is 120 Å². The maximum atomic E-state index is 15.8. The number of benzene rings is 2. The minimum absolute atomic E-state index is 0.177. The largest absolute Gasteiger partial charge is 0.384 e. The minimum atomic E-state index is -4.63. The molecule has 5 aromatic rings.